The van der Waals surface area contributed by atoms with Gasteiger partial charge in [0.25, 0.3) is 0 Å². The maximum absolute atomic E-state index is 11.3. The number of aromatic nitrogens is 1. The second-order valence-corrected chi connectivity index (χ2v) is 5.86. The van der Waals surface area contributed by atoms with E-state index in [1.165, 1.54) is 19.3 Å². The molecule has 94 valence electrons. The van der Waals surface area contributed by atoms with Crippen LogP contribution < -0.4 is 0 Å². The molecule has 0 bridgehead atoms. The van der Waals surface area contributed by atoms with Gasteiger partial charge in [-0.2, -0.15) is 0 Å². The molecule has 1 aliphatic rings. The minimum absolute atomic E-state index is 0.0689. The predicted octanol–water partition coefficient (Wildman–Crippen LogP) is 3.28. The van der Waals surface area contributed by atoms with Crippen molar-refractivity contribution < 1.29 is 4.79 Å². The fourth-order valence-corrected chi connectivity index (χ4v) is 3.45. The van der Waals surface area contributed by atoms with Gasteiger partial charge in [0.2, 0.25) is 0 Å². The number of hydrogen-bond acceptors (Lipinski definition) is 4. The van der Waals surface area contributed by atoms with Gasteiger partial charge in [-0.15, -0.1) is 11.3 Å². The average Bonchev–Trinajstić information content (AvgIpc) is 2.78. The van der Waals surface area contributed by atoms with Crippen LogP contribution in [0.3, 0.4) is 0 Å². The van der Waals surface area contributed by atoms with Gasteiger partial charge in [-0.1, -0.05) is 6.42 Å². The molecule has 0 aliphatic carbocycles. The number of piperidine rings is 1. The smallest absolute Gasteiger partial charge is 0.178 e. The van der Waals surface area contributed by atoms with Gasteiger partial charge < -0.3 is 0 Å². The van der Waals surface area contributed by atoms with Crippen LogP contribution in [0.1, 0.15) is 61.6 Å². The average molecular weight is 252 g/mol. The van der Waals surface area contributed by atoms with Crippen LogP contribution in [0.25, 0.3) is 0 Å². The quantitative estimate of drug-likeness (QED) is 0.774. The Morgan fingerprint density at radius 2 is 2.29 bits per heavy atom. The van der Waals surface area contributed by atoms with E-state index in [1.807, 2.05) is 5.38 Å². The Labute approximate surface area is 107 Å². The minimum Gasteiger partial charge on any atom is -0.293 e. The highest BCUT2D eigenvalue weighted by Gasteiger charge is 2.28. The zero-order chi connectivity index (χ0) is 12.4. The molecular formula is C13H20N2OS. The second kappa shape index (κ2) is 5.27. The summed E-state index contributed by atoms with van der Waals surface area (Å²) in [7, 11) is 0. The van der Waals surface area contributed by atoms with E-state index in [4.69, 9.17) is 0 Å². The third kappa shape index (κ3) is 2.75. The molecule has 0 spiro atoms. The van der Waals surface area contributed by atoms with E-state index < -0.39 is 0 Å². The molecule has 0 aromatic carbocycles. The topological polar surface area (TPSA) is 33.2 Å². The summed E-state index contributed by atoms with van der Waals surface area (Å²) in [5.74, 6) is 0.0689. The molecule has 1 aromatic rings. The van der Waals surface area contributed by atoms with Gasteiger partial charge in [-0.05, 0) is 33.2 Å². The fourth-order valence-electron chi connectivity index (χ4n) is 2.44. The monoisotopic (exact) mass is 252 g/mol. The largest absolute Gasteiger partial charge is 0.293 e. The summed E-state index contributed by atoms with van der Waals surface area (Å²) in [5.41, 5.74) is 0.624. The number of hydrogen-bond donors (Lipinski definition) is 0. The number of likely N-dealkylation sites (tertiary alicyclic amines) is 1. The van der Waals surface area contributed by atoms with Crippen LogP contribution in [0, 0.1) is 0 Å². The normalized spacial score (nSPS) is 22.0. The zero-order valence-corrected chi connectivity index (χ0v) is 11.6. The van der Waals surface area contributed by atoms with Crippen molar-refractivity contribution in [1.82, 2.24) is 9.88 Å². The molecule has 1 unspecified atom stereocenters. The highest BCUT2D eigenvalue weighted by molar-refractivity contribution is 7.09. The van der Waals surface area contributed by atoms with Crippen molar-refractivity contribution in [2.45, 2.75) is 52.1 Å². The third-order valence-electron chi connectivity index (χ3n) is 3.38. The Hall–Kier alpha value is -0.740. The maximum atomic E-state index is 11.3. The van der Waals surface area contributed by atoms with Crippen LogP contribution >= 0.6 is 11.3 Å². The zero-order valence-electron chi connectivity index (χ0n) is 10.8. The highest BCUT2D eigenvalue weighted by atomic mass is 32.1. The number of nitrogens with zero attached hydrogens (tertiary/aromatic N) is 2. The van der Waals surface area contributed by atoms with E-state index in [1.54, 1.807) is 18.3 Å². The fraction of sp³-hybridized carbons (Fsp3) is 0.692. The molecule has 0 radical (unpaired) electrons. The first-order valence-corrected chi connectivity index (χ1v) is 7.19. The molecule has 2 rings (SSSR count). The Balaban J connectivity index is 2.20. The van der Waals surface area contributed by atoms with E-state index in [0.717, 1.165) is 11.6 Å². The summed E-state index contributed by atoms with van der Waals surface area (Å²) in [4.78, 5) is 18.3. The summed E-state index contributed by atoms with van der Waals surface area (Å²) in [6.07, 6.45) is 3.71. The minimum atomic E-state index is 0.0689. The summed E-state index contributed by atoms with van der Waals surface area (Å²) in [6.45, 7) is 7.20. The van der Waals surface area contributed by atoms with Gasteiger partial charge in [0.05, 0.1) is 6.04 Å². The SMILES string of the molecule is CC(=O)c1csc(C2CCCCN2C(C)C)n1. The Kier molecular flexibility index (Phi) is 3.94. The molecule has 17 heavy (non-hydrogen) atoms. The van der Waals surface area contributed by atoms with Crippen molar-refractivity contribution in [3.63, 3.8) is 0 Å². The van der Waals surface area contributed by atoms with Crippen molar-refractivity contribution in [3.05, 3.63) is 16.1 Å². The molecule has 0 saturated carbocycles. The lowest BCUT2D eigenvalue weighted by Crippen LogP contribution is -2.38. The lowest BCUT2D eigenvalue weighted by molar-refractivity contribution is 0.100. The van der Waals surface area contributed by atoms with E-state index >= 15 is 0 Å². The second-order valence-electron chi connectivity index (χ2n) is 4.97. The summed E-state index contributed by atoms with van der Waals surface area (Å²) in [5, 5.41) is 3.01. The van der Waals surface area contributed by atoms with Crippen LogP contribution in [0.5, 0.6) is 0 Å². The molecule has 0 amide bonds. The number of carbonyl (C=O) groups is 1. The first-order valence-electron chi connectivity index (χ1n) is 6.31. The van der Waals surface area contributed by atoms with Gasteiger partial charge in [0, 0.05) is 18.3 Å². The standard InChI is InChI=1S/C13H20N2OS/c1-9(2)15-7-5-4-6-12(15)13-14-11(8-17-13)10(3)16/h8-9,12H,4-7H2,1-3H3. The number of ketones is 1. The lowest BCUT2D eigenvalue weighted by atomic mass is 10.0. The Morgan fingerprint density at radius 1 is 1.53 bits per heavy atom. The summed E-state index contributed by atoms with van der Waals surface area (Å²) in [6, 6.07) is 0.965. The molecule has 3 nitrogen and oxygen atoms in total. The molecule has 1 aromatic heterocycles. The molecule has 2 heterocycles. The number of rotatable bonds is 3. The van der Waals surface area contributed by atoms with Crippen LogP contribution in [0.15, 0.2) is 5.38 Å². The molecule has 1 saturated heterocycles. The van der Waals surface area contributed by atoms with Crippen molar-refractivity contribution in [2.24, 2.45) is 0 Å². The Bertz CT molecular complexity index is 400. The molecule has 0 N–H and O–H groups in total. The molecule has 1 fully saturated rings. The van der Waals surface area contributed by atoms with E-state index in [2.05, 4.69) is 23.7 Å². The van der Waals surface area contributed by atoms with E-state index in [9.17, 15) is 4.79 Å². The third-order valence-corrected chi connectivity index (χ3v) is 4.32. The van der Waals surface area contributed by atoms with Crippen molar-refractivity contribution in [2.75, 3.05) is 6.54 Å². The first-order chi connectivity index (χ1) is 8.09. The van der Waals surface area contributed by atoms with Crippen LogP contribution in [0.2, 0.25) is 0 Å². The number of carbonyl (C=O) groups excluding carboxylic acids is 1. The van der Waals surface area contributed by atoms with Crippen molar-refractivity contribution >= 4 is 17.1 Å². The lowest BCUT2D eigenvalue weighted by Gasteiger charge is -2.37. The first kappa shape index (κ1) is 12.7. The van der Waals surface area contributed by atoms with Gasteiger partial charge in [-0.25, -0.2) is 4.98 Å². The van der Waals surface area contributed by atoms with Crippen LogP contribution in [-0.2, 0) is 0 Å². The molecule has 4 heteroatoms. The van der Waals surface area contributed by atoms with Crippen LogP contribution in [0.4, 0.5) is 0 Å². The van der Waals surface area contributed by atoms with Gasteiger partial charge >= 0.3 is 0 Å². The van der Waals surface area contributed by atoms with Crippen LogP contribution in [-0.4, -0.2) is 28.3 Å². The van der Waals surface area contributed by atoms with Crippen molar-refractivity contribution in [1.29, 1.82) is 0 Å². The highest BCUT2D eigenvalue weighted by Crippen LogP contribution is 2.34. The molecule has 1 aliphatic heterocycles. The Morgan fingerprint density at radius 3 is 2.88 bits per heavy atom. The summed E-state index contributed by atoms with van der Waals surface area (Å²) < 4.78 is 0. The van der Waals surface area contributed by atoms with Gasteiger partial charge in [0.1, 0.15) is 10.7 Å². The van der Waals surface area contributed by atoms with Gasteiger partial charge in [0.15, 0.2) is 5.78 Å². The number of Topliss-reactive ketones (excluding diaryl/α,β-unsaturated/α-hetero) is 1. The van der Waals surface area contributed by atoms with E-state index in [0.29, 0.717) is 17.8 Å². The molecule has 1 atom stereocenters. The molecular weight excluding hydrogens is 232 g/mol. The maximum Gasteiger partial charge on any atom is 0.178 e. The predicted molar refractivity (Wildman–Crippen MR) is 70.6 cm³/mol. The number of thiazole rings is 1. The van der Waals surface area contributed by atoms with Crippen molar-refractivity contribution in [3.8, 4) is 0 Å². The van der Waals surface area contributed by atoms with E-state index in [-0.39, 0.29) is 5.78 Å². The van der Waals surface area contributed by atoms with Gasteiger partial charge in [-0.3, -0.25) is 9.69 Å². The summed E-state index contributed by atoms with van der Waals surface area (Å²) >= 11 is 1.63.